The van der Waals surface area contributed by atoms with Gasteiger partial charge < -0.3 is 10.2 Å². The van der Waals surface area contributed by atoms with Crippen LogP contribution in [0.4, 0.5) is 23.7 Å². The summed E-state index contributed by atoms with van der Waals surface area (Å²) in [7, 11) is 0. The zero-order valence-corrected chi connectivity index (χ0v) is 23.1. The Balaban J connectivity index is 1.69. The van der Waals surface area contributed by atoms with E-state index >= 15 is 0 Å². The number of alkyl halides is 3. The number of aryl methyl sites for hydroxylation is 1. The molecule has 5 rings (SSSR count). The summed E-state index contributed by atoms with van der Waals surface area (Å²) in [5.41, 5.74) is 1.12. The Morgan fingerprint density at radius 3 is 2.33 bits per heavy atom. The van der Waals surface area contributed by atoms with Crippen LogP contribution in [-0.4, -0.2) is 20.5 Å². The van der Waals surface area contributed by atoms with Gasteiger partial charge in [-0.25, -0.2) is 9.78 Å². The minimum absolute atomic E-state index is 0.0654. The molecule has 1 unspecified atom stereocenters. The Bertz CT molecular complexity index is 1780. The number of amides is 2. The van der Waals surface area contributed by atoms with E-state index in [0.717, 1.165) is 17.2 Å². The quantitative estimate of drug-likeness (QED) is 0.216. The van der Waals surface area contributed by atoms with Gasteiger partial charge in [0, 0.05) is 6.54 Å². The Morgan fingerprint density at radius 2 is 1.62 bits per heavy atom. The van der Waals surface area contributed by atoms with Crippen molar-refractivity contribution >= 4 is 22.6 Å². The molecule has 0 saturated heterocycles. The molecule has 4 aromatic carbocycles. The zero-order valence-electron chi connectivity index (χ0n) is 23.1. The second-order valence-electron chi connectivity index (χ2n) is 9.98. The first-order chi connectivity index (χ1) is 20.2. The number of para-hydroxylation sites is 2. The molecule has 0 aliphatic carbocycles. The van der Waals surface area contributed by atoms with E-state index in [1.807, 2.05) is 62.4 Å². The average Bonchev–Trinajstić information content (AvgIpc) is 2.97. The van der Waals surface area contributed by atoms with Crippen LogP contribution in [0, 0.1) is 6.92 Å². The second kappa shape index (κ2) is 11.9. The molecule has 42 heavy (non-hydrogen) atoms. The molecule has 214 valence electrons. The van der Waals surface area contributed by atoms with Gasteiger partial charge in [-0.3, -0.25) is 9.36 Å². The molecule has 0 fully saturated rings. The summed E-state index contributed by atoms with van der Waals surface area (Å²) in [6.45, 7) is 3.82. The second-order valence-corrected chi connectivity index (χ2v) is 9.98. The van der Waals surface area contributed by atoms with E-state index < -0.39 is 23.8 Å². The van der Waals surface area contributed by atoms with E-state index in [4.69, 9.17) is 4.98 Å². The van der Waals surface area contributed by atoms with Crippen molar-refractivity contribution in [2.24, 2.45) is 0 Å². The van der Waals surface area contributed by atoms with Crippen molar-refractivity contribution in [2.75, 3.05) is 5.32 Å². The van der Waals surface area contributed by atoms with Crippen molar-refractivity contribution in [3.8, 4) is 5.69 Å². The van der Waals surface area contributed by atoms with Crippen LogP contribution in [0.3, 0.4) is 0 Å². The summed E-state index contributed by atoms with van der Waals surface area (Å²) in [6, 6.07) is 26.8. The van der Waals surface area contributed by atoms with Gasteiger partial charge in [0.2, 0.25) is 0 Å². The maximum Gasteiger partial charge on any atom is 0.418 e. The summed E-state index contributed by atoms with van der Waals surface area (Å²) in [6.07, 6.45) is -4.33. The molecule has 1 heterocycles. The van der Waals surface area contributed by atoms with Crippen molar-refractivity contribution in [2.45, 2.75) is 39.0 Å². The molecule has 1 N–H and O–H groups in total. The first-order valence-corrected chi connectivity index (χ1v) is 13.5. The molecule has 5 aromatic rings. The van der Waals surface area contributed by atoms with E-state index in [-0.39, 0.29) is 17.8 Å². The van der Waals surface area contributed by atoms with Crippen LogP contribution in [0.1, 0.15) is 41.9 Å². The first kappa shape index (κ1) is 28.6. The fraction of sp³-hybridized carbons (Fsp3) is 0.182. The Hall–Kier alpha value is -4.92. The van der Waals surface area contributed by atoms with Crippen LogP contribution < -0.4 is 10.9 Å². The lowest BCUT2D eigenvalue weighted by Gasteiger charge is -2.33. The van der Waals surface area contributed by atoms with Crippen molar-refractivity contribution in [1.82, 2.24) is 14.5 Å². The molecule has 9 heteroatoms. The number of hydrogen-bond donors (Lipinski definition) is 1. The molecule has 0 aliphatic rings. The molecule has 0 bridgehead atoms. The number of fused-ring (bicyclic) bond motifs is 1. The number of rotatable bonds is 7. The molecular formula is C33H29F3N4O2. The number of nitrogens with zero attached hydrogens (tertiary/aromatic N) is 3. The van der Waals surface area contributed by atoms with Gasteiger partial charge in [0.25, 0.3) is 5.56 Å². The van der Waals surface area contributed by atoms with Gasteiger partial charge in [0.15, 0.2) is 0 Å². The number of halogens is 3. The number of urea groups is 1. The number of nitrogens with one attached hydrogen (secondary N) is 1. The molecule has 0 radical (unpaired) electrons. The lowest BCUT2D eigenvalue weighted by Crippen LogP contribution is -2.40. The largest absolute Gasteiger partial charge is 0.418 e. The van der Waals surface area contributed by atoms with Crippen LogP contribution in [0.25, 0.3) is 16.6 Å². The number of carbonyl (C=O) groups excluding carboxylic acids is 1. The molecular weight excluding hydrogens is 541 g/mol. The van der Waals surface area contributed by atoms with E-state index in [9.17, 15) is 22.8 Å². The fourth-order valence-electron chi connectivity index (χ4n) is 5.06. The smallest absolute Gasteiger partial charge is 0.310 e. The van der Waals surface area contributed by atoms with E-state index in [0.29, 0.717) is 28.8 Å². The average molecular weight is 571 g/mol. The number of carbonyl (C=O) groups is 1. The lowest BCUT2D eigenvalue weighted by atomic mass is 10.1. The standard InChI is InChI=1S/C33H29F3N4O2/c1-3-29(30-37-27-18-9-7-16-25(27)31(41)40(30)24-15-11-12-22(2)20-24)39(21-23-13-5-4-6-14-23)32(42)38-28-19-10-8-17-26(28)33(34,35)36/h4-20,29H,3,21H2,1-2H3,(H,38,42). The molecule has 6 nitrogen and oxygen atoms in total. The molecule has 0 spiro atoms. The Labute approximate surface area is 241 Å². The third-order valence-corrected chi connectivity index (χ3v) is 7.05. The predicted octanol–water partition coefficient (Wildman–Crippen LogP) is 7.90. The van der Waals surface area contributed by atoms with Gasteiger partial charge in [0.05, 0.1) is 33.9 Å². The SMILES string of the molecule is CCC(c1nc2ccccc2c(=O)n1-c1cccc(C)c1)N(Cc1ccccc1)C(=O)Nc1ccccc1C(F)(F)F. The van der Waals surface area contributed by atoms with Gasteiger partial charge >= 0.3 is 12.2 Å². The molecule has 1 aromatic heterocycles. The van der Waals surface area contributed by atoms with Crippen LogP contribution in [0.15, 0.2) is 108 Å². The topological polar surface area (TPSA) is 67.2 Å². The van der Waals surface area contributed by atoms with Gasteiger partial charge in [-0.05, 0) is 60.9 Å². The lowest BCUT2D eigenvalue weighted by molar-refractivity contribution is -0.136. The van der Waals surface area contributed by atoms with Crippen LogP contribution in [0.5, 0.6) is 0 Å². The van der Waals surface area contributed by atoms with Crippen LogP contribution in [0.2, 0.25) is 0 Å². The monoisotopic (exact) mass is 570 g/mol. The molecule has 0 saturated carbocycles. The van der Waals surface area contributed by atoms with Gasteiger partial charge in [-0.2, -0.15) is 13.2 Å². The van der Waals surface area contributed by atoms with Crippen molar-refractivity contribution in [1.29, 1.82) is 0 Å². The van der Waals surface area contributed by atoms with Crippen molar-refractivity contribution in [3.05, 3.63) is 136 Å². The van der Waals surface area contributed by atoms with Crippen molar-refractivity contribution in [3.63, 3.8) is 0 Å². The number of benzene rings is 4. The molecule has 2 amide bonds. The highest BCUT2D eigenvalue weighted by Crippen LogP contribution is 2.35. The zero-order chi connectivity index (χ0) is 29.9. The molecule has 0 aliphatic heterocycles. The minimum atomic E-state index is -4.66. The Morgan fingerprint density at radius 1 is 0.929 bits per heavy atom. The maximum absolute atomic E-state index is 14.0. The highest BCUT2D eigenvalue weighted by molar-refractivity contribution is 5.90. The summed E-state index contributed by atoms with van der Waals surface area (Å²) in [5, 5.41) is 2.91. The first-order valence-electron chi connectivity index (χ1n) is 13.5. The summed E-state index contributed by atoms with van der Waals surface area (Å²) in [4.78, 5) is 34.2. The van der Waals surface area contributed by atoms with Crippen LogP contribution >= 0.6 is 0 Å². The predicted molar refractivity (Wildman–Crippen MR) is 158 cm³/mol. The van der Waals surface area contributed by atoms with Crippen molar-refractivity contribution < 1.29 is 18.0 Å². The maximum atomic E-state index is 14.0. The summed E-state index contributed by atoms with van der Waals surface area (Å²) in [5.74, 6) is 0.307. The van der Waals surface area contributed by atoms with Gasteiger partial charge in [-0.15, -0.1) is 0 Å². The third-order valence-electron chi connectivity index (χ3n) is 7.05. The summed E-state index contributed by atoms with van der Waals surface area (Å²) >= 11 is 0. The van der Waals surface area contributed by atoms with Gasteiger partial charge in [0.1, 0.15) is 5.82 Å². The minimum Gasteiger partial charge on any atom is -0.310 e. The third kappa shape index (κ3) is 5.90. The molecule has 1 atom stereocenters. The normalized spacial score (nSPS) is 12.2. The number of aromatic nitrogens is 2. The number of hydrogen-bond acceptors (Lipinski definition) is 3. The van der Waals surface area contributed by atoms with E-state index in [1.54, 1.807) is 30.3 Å². The Kier molecular flexibility index (Phi) is 8.10. The van der Waals surface area contributed by atoms with Crippen LogP contribution in [-0.2, 0) is 12.7 Å². The highest BCUT2D eigenvalue weighted by atomic mass is 19.4. The van der Waals surface area contributed by atoms with E-state index in [2.05, 4.69) is 5.32 Å². The van der Waals surface area contributed by atoms with E-state index in [1.165, 1.54) is 27.7 Å². The number of anilines is 1. The highest BCUT2D eigenvalue weighted by Gasteiger charge is 2.35. The summed E-state index contributed by atoms with van der Waals surface area (Å²) < 4.78 is 42.9. The van der Waals surface area contributed by atoms with Gasteiger partial charge in [-0.1, -0.05) is 73.7 Å². The fourth-order valence-corrected chi connectivity index (χ4v) is 5.06.